The molecule has 0 spiro atoms. The van der Waals surface area contributed by atoms with Crippen LogP contribution in [0, 0.1) is 6.92 Å². The van der Waals surface area contributed by atoms with Gasteiger partial charge in [-0.1, -0.05) is 71.9 Å². The Hall–Kier alpha value is -5.31. The van der Waals surface area contributed by atoms with Gasteiger partial charge in [0.15, 0.2) is 0 Å². The Morgan fingerprint density at radius 2 is 1.56 bits per heavy atom. The van der Waals surface area contributed by atoms with E-state index in [2.05, 4.69) is 15.6 Å². The molecule has 1 aromatic heterocycles. The van der Waals surface area contributed by atoms with Gasteiger partial charge in [-0.3, -0.25) is 14.5 Å². The van der Waals surface area contributed by atoms with E-state index in [0.717, 1.165) is 11.1 Å². The first-order valence-electron chi connectivity index (χ1n) is 13.1. The summed E-state index contributed by atoms with van der Waals surface area (Å²) < 4.78 is 6.36. The molecule has 9 heteroatoms. The molecule has 0 fully saturated rings. The van der Waals surface area contributed by atoms with Crippen LogP contribution >= 0.6 is 0 Å². The molecule has 0 saturated carbocycles. The van der Waals surface area contributed by atoms with Crippen LogP contribution < -0.4 is 10.2 Å². The van der Waals surface area contributed by atoms with Crippen LogP contribution in [0.3, 0.4) is 0 Å². The van der Waals surface area contributed by atoms with Gasteiger partial charge in [0.1, 0.15) is 18.1 Å². The third-order valence-corrected chi connectivity index (χ3v) is 6.84. The number of esters is 1. The maximum absolute atomic E-state index is 14.2. The standard InChI is InChI=1S/C32H29N5O4/c1-22-10-6-7-13-26(22)30(31(39)33-20-23-11-4-3-5-12-23)37(25-18-16-24(17-19-25)32(40)41-2)29(38)21-36-28-15-9-8-14-27(28)34-35-36/h3-19,30H,20-21H2,1-2H3,(H,33,39). The van der Waals surface area contributed by atoms with Gasteiger partial charge in [-0.05, 0) is 60.0 Å². The summed E-state index contributed by atoms with van der Waals surface area (Å²) in [5.74, 6) is -1.23. The highest BCUT2D eigenvalue weighted by atomic mass is 16.5. The van der Waals surface area contributed by atoms with E-state index in [1.807, 2.05) is 85.8 Å². The number of anilines is 1. The molecule has 0 aliphatic rings. The van der Waals surface area contributed by atoms with Crippen LogP contribution in [0.15, 0.2) is 103 Å². The fraction of sp³-hybridized carbons (Fsp3) is 0.156. The minimum Gasteiger partial charge on any atom is -0.465 e. The van der Waals surface area contributed by atoms with Crippen LogP contribution in [-0.4, -0.2) is 39.9 Å². The van der Waals surface area contributed by atoms with Gasteiger partial charge in [-0.2, -0.15) is 0 Å². The molecule has 0 bridgehead atoms. The van der Waals surface area contributed by atoms with Crippen LogP contribution in [0.4, 0.5) is 5.69 Å². The number of ether oxygens (including phenoxy) is 1. The van der Waals surface area contributed by atoms with Crippen LogP contribution in [0.2, 0.25) is 0 Å². The van der Waals surface area contributed by atoms with Gasteiger partial charge in [-0.15, -0.1) is 5.10 Å². The Bertz CT molecular complexity index is 1680. The molecule has 5 rings (SSSR count). The molecule has 1 N–H and O–H groups in total. The fourth-order valence-corrected chi connectivity index (χ4v) is 4.72. The lowest BCUT2D eigenvalue weighted by Crippen LogP contribution is -2.45. The van der Waals surface area contributed by atoms with Crippen molar-refractivity contribution >= 4 is 34.5 Å². The van der Waals surface area contributed by atoms with E-state index >= 15 is 0 Å². The zero-order chi connectivity index (χ0) is 28.8. The van der Waals surface area contributed by atoms with Crippen molar-refractivity contribution in [2.45, 2.75) is 26.1 Å². The summed E-state index contributed by atoms with van der Waals surface area (Å²) in [7, 11) is 1.31. The summed E-state index contributed by atoms with van der Waals surface area (Å²) in [5, 5.41) is 11.4. The minimum atomic E-state index is -1.01. The largest absolute Gasteiger partial charge is 0.465 e. The number of hydrogen-bond acceptors (Lipinski definition) is 6. The number of benzene rings is 4. The van der Waals surface area contributed by atoms with E-state index in [-0.39, 0.29) is 18.4 Å². The van der Waals surface area contributed by atoms with Crippen molar-refractivity contribution in [3.8, 4) is 0 Å². The summed E-state index contributed by atoms with van der Waals surface area (Å²) in [6.45, 7) is 2.04. The van der Waals surface area contributed by atoms with Crippen molar-refractivity contribution in [2.75, 3.05) is 12.0 Å². The van der Waals surface area contributed by atoms with E-state index in [1.54, 1.807) is 24.3 Å². The van der Waals surface area contributed by atoms with Gasteiger partial charge in [0.2, 0.25) is 11.8 Å². The molecule has 2 amide bonds. The van der Waals surface area contributed by atoms with Gasteiger partial charge in [0.05, 0.1) is 18.2 Å². The lowest BCUT2D eigenvalue weighted by molar-refractivity contribution is -0.127. The molecule has 0 aliphatic carbocycles. The van der Waals surface area contributed by atoms with E-state index in [1.165, 1.54) is 16.7 Å². The predicted molar refractivity (Wildman–Crippen MR) is 155 cm³/mol. The monoisotopic (exact) mass is 547 g/mol. The number of nitrogens with zero attached hydrogens (tertiary/aromatic N) is 4. The number of amides is 2. The molecule has 0 aliphatic heterocycles. The highest BCUT2D eigenvalue weighted by Crippen LogP contribution is 2.31. The minimum absolute atomic E-state index is 0.159. The molecule has 4 aromatic carbocycles. The molecule has 41 heavy (non-hydrogen) atoms. The Balaban J connectivity index is 1.58. The average molecular weight is 548 g/mol. The lowest BCUT2D eigenvalue weighted by atomic mass is 9.97. The highest BCUT2D eigenvalue weighted by Gasteiger charge is 2.34. The number of hydrogen-bond donors (Lipinski definition) is 1. The number of aromatic nitrogens is 3. The molecule has 206 valence electrons. The summed E-state index contributed by atoms with van der Waals surface area (Å²) in [6.07, 6.45) is 0. The summed E-state index contributed by atoms with van der Waals surface area (Å²) >= 11 is 0. The third kappa shape index (κ3) is 5.99. The predicted octanol–water partition coefficient (Wildman–Crippen LogP) is 4.62. The molecular weight excluding hydrogens is 518 g/mol. The normalized spacial score (nSPS) is 11.6. The summed E-state index contributed by atoms with van der Waals surface area (Å²) in [4.78, 5) is 41.8. The second-order valence-electron chi connectivity index (χ2n) is 9.50. The van der Waals surface area contributed by atoms with Gasteiger partial charge in [-0.25, -0.2) is 9.48 Å². The number of para-hydroxylation sites is 1. The van der Waals surface area contributed by atoms with Gasteiger partial charge in [0.25, 0.3) is 0 Å². The first kappa shape index (κ1) is 27.3. The lowest BCUT2D eigenvalue weighted by Gasteiger charge is -2.32. The topological polar surface area (TPSA) is 106 Å². The number of nitrogens with one attached hydrogen (secondary N) is 1. The molecule has 1 unspecified atom stereocenters. The molecular formula is C32H29N5O4. The first-order chi connectivity index (χ1) is 20.0. The third-order valence-electron chi connectivity index (χ3n) is 6.84. The number of carbonyl (C=O) groups is 3. The molecule has 0 radical (unpaired) electrons. The zero-order valence-electron chi connectivity index (χ0n) is 22.7. The van der Waals surface area contributed by atoms with Crippen molar-refractivity contribution in [3.63, 3.8) is 0 Å². The number of carbonyl (C=O) groups excluding carboxylic acids is 3. The maximum Gasteiger partial charge on any atom is 0.337 e. The maximum atomic E-state index is 14.2. The van der Waals surface area contributed by atoms with Crippen molar-refractivity contribution in [1.82, 2.24) is 20.3 Å². The number of rotatable bonds is 9. The molecule has 9 nitrogen and oxygen atoms in total. The highest BCUT2D eigenvalue weighted by molar-refractivity contribution is 6.02. The Morgan fingerprint density at radius 1 is 0.878 bits per heavy atom. The Labute approximate surface area is 237 Å². The smallest absolute Gasteiger partial charge is 0.337 e. The number of methoxy groups -OCH3 is 1. The molecule has 0 saturated heterocycles. The first-order valence-corrected chi connectivity index (χ1v) is 13.1. The molecule has 1 atom stereocenters. The van der Waals surface area contributed by atoms with Crippen molar-refractivity contribution in [3.05, 3.63) is 125 Å². The van der Waals surface area contributed by atoms with E-state index in [0.29, 0.717) is 34.4 Å². The van der Waals surface area contributed by atoms with Crippen molar-refractivity contribution in [1.29, 1.82) is 0 Å². The molecule has 1 heterocycles. The van der Waals surface area contributed by atoms with E-state index in [9.17, 15) is 14.4 Å². The van der Waals surface area contributed by atoms with Crippen molar-refractivity contribution in [2.24, 2.45) is 0 Å². The van der Waals surface area contributed by atoms with Gasteiger partial charge >= 0.3 is 5.97 Å². The molecule has 5 aromatic rings. The zero-order valence-corrected chi connectivity index (χ0v) is 22.7. The second-order valence-corrected chi connectivity index (χ2v) is 9.50. The van der Waals surface area contributed by atoms with E-state index in [4.69, 9.17) is 4.74 Å². The van der Waals surface area contributed by atoms with Crippen LogP contribution in [0.1, 0.15) is 33.1 Å². The van der Waals surface area contributed by atoms with Crippen LogP contribution in [-0.2, 0) is 27.4 Å². The Morgan fingerprint density at radius 3 is 2.29 bits per heavy atom. The van der Waals surface area contributed by atoms with E-state index < -0.39 is 12.0 Å². The summed E-state index contributed by atoms with van der Waals surface area (Å²) in [5.41, 5.74) is 4.57. The van der Waals surface area contributed by atoms with Gasteiger partial charge in [0, 0.05) is 12.2 Å². The Kier molecular flexibility index (Phi) is 8.15. The van der Waals surface area contributed by atoms with Crippen molar-refractivity contribution < 1.29 is 19.1 Å². The quantitative estimate of drug-likeness (QED) is 0.270. The number of aryl methyl sites for hydroxylation is 1. The van der Waals surface area contributed by atoms with Crippen LogP contribution in [0.25, 0.3) is 11.0 Å². The van der Waals surface area contributed by atoms with Crippen LogP contribution in [0.5, 0.6) is 0 Å². The SMILES string of the molecule is COC(=O)c1ccc(N(C(=O)Cn2nnc3ccccc32)C(C(=O)NCc2ccccc2)c2ccccc2C)cc1. The average Bonchev–Trinajstić information content (AvgIpc) is 3.42. The number of fused-ring (bicyclic) bond motifs is 1. The second kappa shape index (κ2) is 12.3. The van der Waals surface area contributed by atoms with Gasteiger partial charge < -0.3 is 10.1 Å². The fourth-order valence-electron chi connectivity index (χ4n) is 4.72. The summed E-state index contributed by atoms with van der Waals surface area (Å²) in [6, 6.07) is 29.8.